The van der Waals surface area contributed by atoms with Crippen LogP contribution in [0.15, 0.2) is 30.3 Å². The highest BCUT2D eigenvalue weighted by Gasteiger charge is 2.35. The van der Waals surface area contributed by atoms with Crippen LogP contribution in [-0.2, 0) is 20.8 Å². The van der Waals surface area contributed by atoms with Crippen LogP contribution < -0.4 is 10.9 Å². The molecule has 1 saturated carbocycles. The number of benzene rings is 1. The lowest BCUT2D eigenvalue weighted by atomic mass is 9.79. The molecule has 0 saturated heterocycles. The van der Waals surface area contributed by atoms with Gasteiger partial charge >= 0.3 is 5.97 Å². The number of amides is 2. The summed E-state index contributed by atoms with van der Waals surface area (Å²) in [5.74, 6) is -2.88. The van der Waals surface area contributed by atoms with Crippen molar-refractivity contribution in [3.8, 4) is 0 Å². The Morgan fingerprint density at radius 1 is 1.00 bits per heavy atom. The van der Waals surface area contributed by atoms with E-state index in [0.717, 1.165) is 18.4 Å². The van der Waals surface area contributed by atoms with Crippen LogP contribution in [0.25, 0.3) is 0 Å². The molecule has 1 fully saturated rings. The number of rotatable bonds is 5. The third-order valence-corrected chi connectivity index (χ3v) is 4.23. The maximum absolute atomic E-state index is 12.1. The van der Waals surface area contributed by atoms with E-state index in [1.165, 1.54) is 0 Å². The van der Waals surface area contributed by atoms with Crippen LogP contribution in [0.1, 0.15) is 37.7 Å². The minimum absolute atomic E-state index is 0.261. The first kappa shape index (κ1) is 17.0. The average Bonchev–Trinajstić information content (AvgIpc) is 2.58. The summed E-state index contributed by atoms with van der Waals surface area (Å²) in [4.78, 5) is 35.1. The van der Waals surface area contributed by atoms with Crippen molar-refractivity contribution in [2.24, 2.45) is 11.8 Å². The maximum atomic E-state index is 12.1. The highest BCUT2D eigenvalue weighted by atomic mass is 16.4. The molecule has 6 heteroatoms. The number of hydrogen-bond acceptors (Lipinski definition) is 3. The van der Waals surface area contributed by atoms with Crippen molar-refractivity contribution in [1.82, 2.24) is 10.9 Å². The van der Waals surface area contributed by atoms with E-state index < -0.39 is 23.7 Å². The van der Waals surface area contributed by atoms with Crippen LogP contribution >= 0.6 is 0 Å². The van der Waals surface area contributed by atoms with Crippen molar-refractivity contribution in [1.29, 1.82) is 0 Å². The zero-order valence-corrected chi connectivity index (χ0v) is 13.0. The summed E-state index contributed by atoms with van der Waals surface area (Å²) >= 11 is 0. The number of carboxylic acids is 1. The zero-order chi connectivity index (χ0) is 16.7. The predicted octanol–water partition coefficient (Wildman–Crippen LogP) is 1.66. The van der Waals surface area contributed by atoms with E-state index in [0.29, 0.717) is 19.3 Å². The van der Waals surface area contributed by atoms with Gasteiger partial charge in [-0.25, -0.2) is 0 Å². The Bertz CT molecular complexity index is 559. The van der Waals surface area contributed by atoms with E-state index in [2.05, 4.69) is 10.9 Å². The van der Waals surface area contributed by atoms with E-state index >= 15 is 0 Å². The summed E-state index contributed by atoms with van der Waals surface area (Å²) in [6, 6.07) is 9.60. The molecule has 2 unspecified atom stereocenters. The molecule has 0 bridgehead atoms. The molecule has 3 N–H and O–H groups in total. The number of carboxylic acid groups (broad SMARTS) is 1. The van der Waals surface area contributed by atoms with Gasteiger partial charge in [0.05, 0.1) is 11.8 Å². The number of hydrogen-bond donors (Lipinski definition) is 3. The minimum atomic E-state index is -0.944. The van der Waals surface area contributed by atoms with Crippen molar-refractivity contribution in [3.05, 3.63) is 35.9 Å². The monoisotopic (exact) mass is 318 g/mol. The molecular weight excluding hydrogens is 296 g/mol. The lowest BCUT2D eigenvalue weighted by Crippen LogP contribution is -2.47. The predicted molar refractivity (Wildman–Crippen MR) is 84.1 cm³/mol. The Labute approximate surface area is 135 Å². The standard InChI is InChI=1S/C17H22N2O4/c20-15(11-10-12-6-2-1-3-7-12)18-19-16(21)13-8-4-5-9-14(13)17(22)23/h1-3,6-7,13-14H,4-5,8-11H2,(H,18,20)(H,19,21)(H,22,23). The SMILES string of the molecule is O=C(CCc1ccccc1)NNC(=O)C1CCCCC1C(=O)O. The average molecular weight is 318 g/mol. The van der Waals surface area contributed by atoms with Crippen LogP contribution in [0.3, 0.4) is 0 Å². The number of aliphatic carboxylic acids is 1. The van der Waals surface area contributed by atoms with Crippen LogP contribution in [-0.4, -0.2) is 22.9 Å². The largest absolute Gasteiger partial charge is 0.481 e. The molecule has 2 rings (SSSR count). The first-order chi connectivity index (χ1) is 11.1. The summed E-state index contributed by atoms with van der Waals surface area (Å²) in [7, 11) is 0. The Balaban J connectivity index is 1.76. The number of nitrogens with one attached hydrogen (secondary N) is 2. The molecule has 0 aliphatic heterocycles. The molecule has 0 aromatic heterocycles. The van der Waals surface area contributed by atoms with Crippen molar-refractivity contribution in [2.75, 3.05) is 0 Å². The van der Waals surface area contributed by atoms with Crippen LogP contribution in [0.5, 0.6) is 0 Å². The normalized spacial score (nSPS) is 20.5. The van der Waals surface area contributed by atoms with Gasteiger partial charge < -0.3 is 5.11 Å². The molecule has 6 nitrogen and oxygen atoms in total. The Kier molecular flexibility index (Phi) is 6.14. The molecule has 2 amide bonds. The maximum Gasteiger partial charge on any atom is 0.307 e. The molecule has 1 aliphatic rings. The van der Waals surface area contributed by atoms with Gasteiger partial charge in [-0.3, -0.25) is 25.2 Å². The molecule has 0 radical (unpaired) electrons. The summed E-state index contributed by atoms with van der Waals surface area (Å²) in [5, 5.41) is 9.18. The third kappa shape index (κ3) is 5.09. The zero-order valence-electron chi connectivity index (χ0n) is 13.0. The second-order valence-electron chi connectivity index (χ2n) is 5.86. The highest BCUT2D eigenvalue weighted by Crippen LogP contribution is 2.30. The second-order valence-corrected chi connectivity index (χ2v) is 5.86. The number of carbonyl (C=O) groups is 3. The molecule has 1 aromatic carbocycles. The van der Waals surface area contributed by atoms with Crippen LogP contribution in [0.4, 0.5) is 0 Å². The van der Waals surface area contributed by atoms with Gasteiger partial charge in [-0.15, -0.1) is 0 Å². The molecule has 0 heterocycles. The lowest BCUT2D eigenvalue weighted by Gasteiger charge is -2.27. The molecule has 0 spiro atoms. The fourth-order valence-corrected chi connectivity index (χ4v) is 2.93. The molecule has 2 atom stereocenters. The van der Waals surface area contributed by atoms with Crippen LogP contribution in [0, 0.1) is 11.8 Å². The van der Waals surface area contributed by atoms with E-state index in [1.807, 2.05) is 30.3 Å². The second kappa shape index (κ2) is 8.31. The third-order valence-electron chi connectivity index (χ3n) is 4.23. The first-order valence-electron chi connectivity index (χ1n) is 7.93. The molecule has 23 heavy (non-hydrogen) atoms. The highest BCUT2D eigenvalue weighted by molar-refractivity contribution is 5.87. The quantitative estimate of drug-likeness (QED) is 0.719. The smallest absolute Gasteiger partial charge is 0.307 e. The minimum Gasteiger partial charge on any atom is -0.481 e. The number of hydrazine groups is 1. The Morgan fingerprint density at radius 2 is 1.65 bits per heavy atom. The summed E-state index contributed by atoms with van der Waals surface area (Å²) in [6.07, 6.45) is 3.56. The van der Waals surface area contributed by atoms with Crippen molar-refractivity contribution in [2.45, 2.75) is 38.5 Å². The van der Waals surface area contributed by atoms with E-state index in [-0.39, 0.29) is 12.3 Å². The summed E-state index contributed by atoms with van der Waals surface area (Å²) < 4.78 is 0. The Morgan fingerprint density at radius 3 is 2.30 bits per heavy atom. The fraction of sp³-hybridized carbons (Fsp3) is 0.471. The van der Waals surface area contributed by atoms with Gasteiger partial charge in [0.15, 0.2) is 0 Å². The molecule has 1 aliphatic carbocycles. The number of carbonyl (C=O) groups excluding carboxylic acids is 2. The van der Waals surface area contributed by atoms with E-state index in [9.17, 15) is 19.5 Å². The van der Waals surface area contributed by atoms with Gasteiger partial charge in [-0.1, -0.05) is 43.2 Å². The first-order valence-corrected chi connectivity index (χ1v) is 7.93. The van der Waals surface area contributed by atoms with Crippen molar-refractivity contribution in [3.63, 3.8) is 0 Å². The lowest BCUT2D eigenvalue weighted by molar-refractivity contribution is -0.149. The van der Waals surface area contributed by atoms with Gasteiger partial charge in [0, 0.05) is 6.42 Å². The van der Waals surface area contributed by atoms with Gasteiger partial charge in [0.1, 0.15) is 0 Å². The van der Waals surface area contributed by atoms with E-state index in [1.54, 1.807) is 0 Å². The van der Waals surface area contributed by atoms with Crippen LogP contribution in [0.2, 0.25) is 0 Å². The van der Waals surface area contributed by atoms with Crippen molar-refractivity contribution >= 4 is 17.8 Å². The van der Waals surface area contributed by atoms with Gasteiger partial charge in [-0.05, 0) is 24.8 Å². The van der Waals surface area contributed by atoms with Gasteiger partial charge in [0.25, 0.3) is 0 Å². The van der Waals surface area contributed by atoms with Gasteiger partial charge in [-0.2, -0.15) is 0 Å². The summed E-state index contributed by atoms with van der Waals surface area (Å²) in [6.45, 7) is 0. The topological polar surface area (TPSA) is 95.5 Å². The van der Waals surface area contributed by atoms with Gasteiger partial charge in [0.2, 0.25) is 11.8 Å². The number of aryl methyl sites for hydroxylation is 1. The molecule has 124 valence electrons. The molecular formula is C17H22N2O4. The Hall–Kier alpha value is -2.37. The fourth-order valence-electron chi connectivity index (χ4n) is 2.93. The van der Waals surface area contributed by atoms with E-state index in [4.69, 9.17) is 0 Å². The summed E-state index contributed by atoms with van der Waals surface area (Å²) in [5.41, 5.74) is 5.80. The van der Waals surface area contributed by atoms with Crippen molar-refractivity contribution < 1.29 is 19.5 Å². The molecule has 1 aromatic rings.